The highest BCUT2D eigenvalue weighted by atomic mass is 32.2. The quantitative estimate of drug-likeness (QED) is 0.0656. The zero-order chi connectivity index (χ0) is 32.8. The number of ether oxygens (including phenoxy) is 2. The predicted octanol–water partition coefficient (Wildman–Crippen LogP) is 8.71. The van der Waals surface area contributed by atoms with E-state index < -0.39 is 30.5 Å². The van der Waals surface area contributed by atoms with Gasteiger partial charge < -0.3 is 13.9 Å². The van der Waals surface area contributed by atoms with Gasteiger partial charge in [0.2, 0.25) is 0 Å². The fourth-order valence-electron chi connectivity index (χ4n) is 4.13. The molecule has 1 aromatic rings. The van der Waals surface area contributed by atoms with Gasteiger partial charge in [0.05, 0.1) is 23.4 Å². The highest BCUT2D eigenvalue weighted by Gasteiger charge is 2.37. The van der Waals surface area contributed by atoms with Gasteiger partial charge in [-0.1, -0.05) is 82.2 Å². The van der Waals surface area contributed by atoms with Crippen LogP contribution in [0.2, 0.25) is 18.1 Å². The number of hydrogen-bond donors (Lipinski definition) is 0. The lowest BCUT2D eigenvalue weighted by Crippen LogP contribution is -2.41. The number of carbonyl (C=O) groups is 1. The summed E-state index contributed by atoms with van der Waals surface area (Å²) in [5, 5.41) is 0.183. The Hall–Kier alpha value is -1.84. The van der Waals surface area contributed by atoms with Gasteiger partial charge in [0.1, 0.15) is 0 Å². The van der Waals surface area contributed by atoms with Gasteiger partial charge in [-0.3, -0.25) is 4.79 Å². The summed E-state index contributed by atoms with van der Waals surface area (Å²) >= 11 is 0. The van der Waals surface area contributed by atoms with Crippen molar-refractivity contribution in [1.29, 1.82) is 0 Å². The first kappa shape index (κ1) is 39.2. The summed E-state index contributed by atoms with van der Waals surface area (Å²) < 4.78 is 43.9. The third-order valence-electron chi connectivity index (χ3n) is 8.04. The molecule has 0 aliphatic rings. The Morgan fingerprint density at radius 3 is 2.21 bits per heavy atom. The molecule has 0 aliphatic carbocycles. The molecule has 0 radical (unpaired) electrons. The van der Waals surface area contributed by atoms with Crippen molar-refractivity contribution in [3.05, 3.63) is 65.8 Å². The first-order chi connectivity index (χ1) is 19.9. The van der Waals surface area contributed by atoms with E-state index in [1.807, 2.05) is 33.8 Å². The minimum Gasteiger partial charge on any atom is -0.413 e. The van der Waals surface area contributed by atoms with Crippen molar-refractivity contribution in [3.8, 4) is 0 Å². The Labute approximate surface area is 264 Å². The minimum absolute atomic E-state index is 0.0490. The smallest absolute Gasteiger partial charge is 0.192 e. The van der Waals surface area contributed by atoms with Crippen molar-refractivity contribution in [2.45, 2.75) is 117 Å². The van der Waals surface area contributed by atoms with Crippen LogP contribution in [-0.4, -0.2) is 53.9 Å². The van der Waals surface area contributed by atoms with Crippen LogP contribution in [0.4, 0.5) is 0 Å². The first-order valence-electron chi connectivity index (χ1n) is 15.6. The van der Waals surface area contributed by atoms with Crippen LogP contribution < -0.4 is 0 Å². The molecule has 3 atom stereocenters. The molecule has 0 fully saturated rings. The van der Waals surface area contributed by atoms with Gasteiger partial charge in [-0.25, -0.2) is 8.42 Å². The molecule has 0 N–H and O–H groups in total. The molecule has 244 valence electrons. The zero-order valence-electron chi connectivity index (χ0n) is 28.6. The minimum atomic E-state index is -3.47. The SMILES string of the molecule is CCOC(C)OC(/C=C(\C)CC/C=C(\C)CO[Si](C)(C)C(C)(C)C)CC(=O)/C=C/C(CS(=O)(=O)c1ccccc1)C(C)C. The van der Waals surface area contributed by atoms with Crippen LogP contribution in [0.3, 0.4) is 0 Å². The maximum Gasteiger partial charge on any atom is 0.192 e. The third kappa shape index (κ3) is 15.1. The number of rotatable bonds is 19. The second-order valence-electron chi connectivity index (χ2n) is 13.4. The standard InChI is InChI=1S/C35H58O6SSi/c1-12-39-30(6)41-33(23-28(4)17-16-18-29(5)25-40-43(10,11)35(7,8)9)24-32(36)22-21-31(27(2)3)26-42(37,38)34-19-14-13-15-20-34/h13-15,18-23,27,30-31,33H,12,16-17,24-26H2,1-11H3/b22-21+,28-23+,29-18+. The molecule has 1 rings (SSSR count). The molecule has 0 saturated carbocycles. The van der Waals surface area contributed by atoms with Gasteiger partial charge in [0.15, 0.2) is 30.2 Å². The van der Waals surface area contributed by atoms with Gasteiger partial charge in [0, 0.05) is 13.0 Å². The number of ketones is 1. The van der Waals surface area contributed by atoms with Crippen molar-refractivity contribution >= 4 is 23.9 Å². The molecule has 0 aliphatic heterocycles. The Morgan fingerprint density at radius 2 is 1.65 bits per heavy atom. The lowest BCUT2D eigenvalue weighted by Gasteiger charge is -2.36. The molecule has 0 saturated heterocycles. The summed E-state index contributed by atoms with van der Waals surface area (Å²) in [4.78, 5) is 13.4. The van der Waals surface area contributed by atoms with Crippen molar-refractivity contribution in [3.63, 3.8) is 0 Å². The fourth-order valence-corrected chi connectivity index (χ4v) is 6.92. The van der Waals surface area contributed by atoms with E-state index in [0.29, 0.717) is 18.1 Å². The van der Waals surface area contributed by atoms with E-state index in [-0.39, 0.29) is 34.8 Å². The fraction of sp³-hybridized carbons (Fsp3) is 0.629. The summed E-state index contributed by atoms with van der Waals surface area (Å²) in [5.74, 6) is -0.395. The molecule has 0 heterocycles. The average Bonchev–Trinajstić information content (AvgIpc) is 2.89. The topological polar surface area (TPSA) is 78.9 Å². The Bertz CT molecular complexity index is 1180. The molecule has 8 heteroatoms. The van der Waals surface area contributed by atoms with Crippen LogP contribution in [0, 0.1) is 11.8 Å². The summed E-state index contributed by atoms with van der Waals surface area (Å²) in [7, 11) is -5.26. The monoisotopic (exact) mass is 634 g/mol. The number of allylic oxidation sites excluding steroid dienone is 4. The third-order valence-corrected chi connectivity index (χ3v) is 14.3. The van der Waals surface area contributed by atoms with Crippen LogP contribution in [0.1, 0.15) is 81.6 Å². The van der Waals surface area contributed by atoms with Gasteiger partial charge in [-0.05, 0) is 88.7 Å². The van der Waals surface area contributed by atoms with Gasteiger partial charge >= 0.3 is 0 Å². The Kier molecular flexibility index (Phi) is 16.6. The van der Waals surface area contributed by atoms with Crippen molar-refractivity contribution in [1.82, 2.24) is 0 Å². The van der Waals surface area contributed by atoms with E-state index in [1.165, 1.54) is 11.6 Å². The molecule has 3 unspecified atom stereocenters. The van der Waals surface area contributed by atoms with E-state index in [2.05, 4.69) is 53.8 Å². The molecular formula is C35H58O6SSi. The maximum absolute atomic E-state index is 13.1. The zero-order valence-corrected chi connectivity index (χ0v) is 30.4. The summed E-state index contributed by atoms with van der Waals surface area (Å²) in [6.45, 7) is 24.3. The Balaban J connectivity index is 2.90. The summed E-state index contributed by atoms with van der Waals surface area (Å²) in [6.07, 6.45) is 8.47. The Morgan fingerprint density at radius 1 is 1.02 bits per heavy atom. The largest absolute Gasteiger partial charge is 0.413 e. The van der Waals surface area contributed by atoms with Crippen molar-refractivity contribution in [2.24, 2.45) is 11.8 Å². The van der Waals surface area contributed by atoms with E-state index in [0.717, 1.165) is 18.4 Å². The van der Waals surface area contributed by atoms with Crippen LogP contribution in [0.25, 0.3) is 0 Å². The van der Waals surface area contributed by atoms with Crippen LogP contribution in [0.5, 0.6) is 0 Å². The van der Waals surface area contributed by atoms with E-state index >= 15 is 0 Å². The number of sulfone groups is 1. The van der Waals surface area contributed by atoms with Crippen molar-refractivity contribution < 1.29 is 27.1 Å². The first-order valence-corrected chi connectivity index (χ1v) is 20.2. The second kappa shape index (κ2) is 18.2. The summed E-state index contributed by atoms with van der Waals surface area (Å²) in [6, 6.07) is 8.45. The van der Waals surface area contributed by atoms with E-state index in [9.17, 15) is 13.2 Å². The normalized spacial score (nSPS) is 16.1. The average molecular weight is 635 g/mol. The van der Waals surface area contributed by atoms with Crippen molar-refractivity contribution in [2.75, 3.05) is 19.0 Å². The van der Waals surface area contributed by atoms with Gasteiger partial charge in [-0.15, -0.1) is 0 Å². The molecule has 6 nitrogen and oxygen atoms in total. The second-order valence-corrected chi connectivity index (χ2v) is 20.2. The number of benzene rings is 1. The van der Waals surface area contributed by atoms with Crippen LogP contribution in [-0.2, 0) is 28.5 Å². The molecule has 43 heavy (non-hydrogen) atoms. The summed E-state index contributed by atoms with van der Waals surface area (Å²) in [5.41, 5.74) is 2.36. The lowest BCUT2D eigenvalue weighted by atomic mass is 9.96. The van der Waals surface area contributed by atoms with Gasteiger partial charge in [0.25, 0.3) is 0 Å². The number of hydrogen-bond acceptors (Lipinski definition) is 6. The molecule has 0 bridgehead atoms. The highest BCUT2D eigenvalue weighted by molar-refractivity contribution is 7.91. The maximum atomic E-state index is 13.1. The highest BCUT2D eigenvalue weighted by Crippen LogP contribution is 2.36. The van der Waals surface area contributed by atoms with E-state index in [1.54, 1.807) is 36.4 Å². The predicted molar refractivity (Wildman–Crippen MR) is 181 cm³/mol. The van der Waals surface area contributed by atoms with Crippen LogP contribution in [0.15, 0.2) is 70.7 Å². The lowest BCUT2D eigenvalue weighted by molar-refractivity contribution is -0.150. The van der Waals surface area contributed by atoms with Gasteiger partial charge in [-0.2, -0.15) is 0 Å². The molecular weight excluding hydrogens is 577 g/mol. The number of carbonyl (C=O) groups excluding carboxylic acids is 1. The molecule has 0 aromatic heterocycles. The van der Waals surface area contributed by atoms with Crippen LogP contribution >= 0.6 is 0 Å². The van der Waals surface area contributed by atoms with E-state index in [4.69, 9.17) is 13.9 Å². The molecule has 0 amide bonds. The molecule has 1 aromatic carbocycles. The molecule has 0 spiro atoms.